The average Bonchev–Trinajstić information content (AvgIpc) is 2.39. The van der Waals surface area contributed by atoms with Crippen LogP contribution in [0.1, 0.15) is 16.7 Å². The number of carboxylic acids is 1. The van der Waals surface area contributed by atoms with Crippen molar-refractivity contribution in [3.8, 4) is 0 Å². The van der Waals surface area contributed by atoms with Gasteiger partial charge in [-0.1, -0.05) is 61.2 Å². The van der Waals surface area contributed by atoms with Gasteiger partial charge in [0, 0.05) is 0 Å². The van der Waals surface area contributed by atoms with Crippen LogP contribution in [0.4, 0.5) is 0 Å². The minimum absolute atomic E-state index is 0.130. The molecule has 0 unspecified atom stereocenters. The Balaban J connectivity index is 2.23. The van der Waals surface area contributed by atoms with Crippen LogP contribution in [0.25, 0.3) is 5.57 Å². The van der Waals surface area contributed by atoms with E-state index in [9.17, 15) is 4.79 Å². The lowest BCUT2D eigenvalue weighted by atomic mass is 10.00. The third-order valence-electron chi connectivity index (χ3n) is 2.78. The van der Waals surface area contributed by atoms with Crippen molar-refractivity contribution in [3.05, 3.63) is 77.9 Å². The summed E-state index contributed by atoms with van der Waals surface area (Å²) >= 11 is 0. The molecule has 0 aliphatic carbocycles. The molecule has 0 spiro atoms. The Bertz CT molecular complexity index is 571. The van der Waals surface area contributed by atoms with Crippen molar-refractivity contribution in [1.29, 1.82) is 0 Å². The van der Waals surface area contributed by atoms with Crippen LogP contribution < -0.4 is 0 Å². The van der Waals surface area contributed by atoms with Crippen LogP contribution in [0.5, 0.6) is 0 Å². The minimum atomic E-state index is -0.980. The molecule has 0 atom stereocenters. The second kappa shape index (κ2) is 5.32. The molecule has 2 aromatic rings. The molecule has 0 saturated heterocycles. The molecule has 0 aromatic heterocycles. The monoisotopic (exact) mass is 238 g/mol. The summed E-state index contributed by atoms with van der Waals surface area (Å²) < 4.78 is 0. The van der Waals surface area contributed by atoms with Crippen molar-refractivity contribution < 1.29 is 9.90 Å². The van der Waals surface area contributed by atoms with Crippen molar-refractivity contribution in [2.45, 2.75) is 6.42 Å². The van der Waals surface area contributed by atoms with E-state index in [1.54, 1.807) is 6.07 Å². The molecule has 2 heteroatoms. The maximum atomic E-state index is 10.9. The van der Waals surface area contributed by atoms with Crippen molar-refractivity contribution in [2.24, 2.45) is 0 Å². The van der Waals surface area contributed by atoms with Gasteiger partial charge in [0.1, 0.15) is 0 Å². The molecular weight excluding hydrogens is 224 g/mol. The summed E-state index contributed by atoms with van der Waals surface area (Å²) in [5.74, 6) is -0.980. The molecule has 2 aromatic carbocycles. The van der Waals surface area contributed by atoms with E-state index in [1.165, 1.54) is 5.56 Å². The molecule has 90 valence electrons. The Morgan fingerprint density at radius 3 is 2.33 bits per heavy atom. The van der Waals surface area contributed by atoms with Crippen LogP contribution in [0.3, 0.4) is 0 Å². The first kappa shape index (κ1) is 12.1. The number of benzene rings is 2. The van der Waals surface area contributed by atoms with Gasteiger partial charge >= 0.3 is 5.97 Å². The average molecular weight is 238 g/mol. The molecule has 0 aliphatic heterocycles. The fourth-order valence-electron chi connectivity index (χ4n) is 1.82. The molecule has 0 heterocycles. The van der Waals surface area contributed by atoms with E-state index in [1.807, 2.05) is 36.4 Å². The Kier molecular flexibility index (Phi) is 3.58. The highest BCUT2D eigenvalue weighted by Crippen LogP contribution is 2.16. The summed E-state index contributed by atoms with van der Waals surface area (Å²) in [6.45, 7) is 3.57. The van der Waals surface area contributed by atoms with E-state index in [4.69, 9.17) is 5.11 Å². The Labute approximate surface area is 106 Å². The zero-order valence-electron chi connectivity index (χ0n) is 9.97. The van der Waals surface area contributed by atoms with Crippen LogP contribution in [0.2, 0.25) is 0 Å². The van der Waals surface area contributed by atoms with Crippen LogP contribution in [0.15, 0.2) is 61.2 Å². The zero-order valence-corrected chi connectivity index (χ0v) is 9.97. The lowest BCUT2D eigenvalue weighted by molar-refractivity contribution is -0.130. The highest BCUT2D eigenvalue weighted by atomic mass is 16.4. The van der Waals surface area contributed by atoms with E-state index in [0.717, 1.165) is 12.0 Å². The Hall–Kier alpha value is -2.35. The van der Waals surface area contributed by atoms with E-state index in [0.29, 0.717) is 5.56 Å². The third kappa shape index (κ3) is 2.86. The largest absolute Gasteiger partial charge is 0.478 e. The lowest BCUT2D eigenvalue weighted by Gasteiger charge is -2.05. The molecule has 1 N–H and O–H groups in total. The van der Waals surface area contributed by atoms with E-state index in [-0.39, 0.29) is 5.57 Å². The first-order chi connectivity index (χ1) is 8.66. The summed E-state index contributed by atoms with van der Waals surface area (Å²) in [5, 5.41) is 8.92. The molecule has 0 saturated carbocycles. The maximum Gasteiger partial charge on any atom is 0.335 e. The zero-order chi connectivity index (χ0) is 13.0. The Morgan fingerprint density at radius 2 is 1.67 bits per heavy atom. The third-order valence-corrected chi connectivity index (χ3v) is 2.78. The summed E-state index contributed by atoms with van der Waals surface area (Å²) in [6.07, 6.45) is 0.793. The van der Waals surface area contributed by atoms with Gasteiger partial charge in [-0.05, 0) is 23.1 Å². The number of aliphatic carboxylic acids is 1. The van der Waals surface area contributed by atoms with Crippen LogP contribution in [-0.2, 0) is 11.2 Å². The first-order valence-electron chi connectivity index (χ1n) is 5.72. The molecule has 0 radical (unpaired) electrons. The number of carbonyl (C=O) groups is 1. The quantitative estimate of drug-likeness (QED) is 0.829. The van der Waals surface area contributed by atoms with Crippen LogP contribution in [0, 0.1) is 0 Å². The predicted molar refractivity (Wildman–Crippen MR) is 72.4 cm³/mol. The Morgan fingerprint density at radius 1 is 1.00 bits per heavy atom. The highest BCUT2D eigenvalue weighted by Gasteiger charge is 2.07. The molecular formula is C16H14O2. The van der Waals surface area contributed by atoms with Crippen molar-refractivity contribution in [2.75, 3.05) is 0 Å². The van der Waals surface area contributed by atoms with Crippen molar-refractivity contribution in [1.82, 2.24) is 0 Å². The fraction of sp³-hybridized carbons (Fsp3) is 0.0625. The molecule has 2 nitrogen and oxygen atoms in total. The van der Waals surface area contributed by atoms with Gasteiger partial charge in [-0.15, -0.1) is 0 Å². The van der Waals surface area contributed by atoms with Gasteiger partial charge in [0.2, 0.25) is 0 Å². The first-order valence-corrected chi connectivity index (χ1v) is 5.72. The minimum Gasteiger partial charge on any atom is -0.478 e. The standard InChI is InChI=1S/C16H14O2/c1-12(16(17)18)15-9-5-8-14(11-15)10-13-6-3-2-4-7-13/h2-9,11H,1,10H2,(H,17,18). The summed E-state index contributed by atoms with van der Waals surface area (Å²) in [6, 6.07) is 17.6. The normalized spacial score (nSPS) is 10.0. The second-order valence-electron chi connectivity index (χ2n) is 4.15. The highest BCUT2D eigenvalue weighted by molar-refractivity contribution is 6.14. The summed E-state index contributed by atoms with van der Waals surface area (Å²) in [7, 11) is 0. The smallest absolute Gasteiger partial charge is 0.335 e. The number of rotatable bonds is 4. The van der Waals surface area contributed by atoms with Gasteiger partial charge in [-0.25, -0.2) is 4.79 Å². The molecule has 0 fully saturated rings. The SMILES string of the molecule is C=C(C(=O)O)c1cccc(Cc2ccccc2)c1. The second-order valence-corrected chi connectivity index (χ2v) is 4.15. The summed E-state index contributed by atoms with van der Waals surface area (Å²) in [4.78, 5) is 10.9. The van der Waals surface area contributed by atoms with Crippen molar-refractivity contribution in [3.63, 3.8) is 0 Å². The van der Waals surface area contributed by atoms with Crippen LogP contribution >= 0.6 is 0 Å². The molecule has 2 rings (SSSR count). The van der Waals surface area contributed by atoms with Crippen molar-refractivity contribution >= 4 is 11.5 Å². The number of hydrogen-bond acceptors (Lipinski definition) is 1. The van der Waals surface area contributed by atoms with Gasteiger partial charge < -0.3 is 5.11 Å². The molecule has 0 aliphatic rings. The van der Waals surface area contributed by atoms with E-state index >= 15 is 0 Å². The maximum absolute atomic E-state index is 10.9. The van der Waals surface area contributed by atoms with Gasteiger partial charge in [-0.3, -0.25) is 0 Å². The van der Waals surface area contributed by atoms with Gasteiger partial charge in [-0.2, -0.15) is 0 Å². The fourth-order valence-corrected chi connectivity index (χ4v) is 1.82. The predicted octanol–water partition coefficient (Wildman–Crippen LogP) is 3.38. The lowest BCUT2D eigenvalue weighted by Crippen LogP contribution is -1.98. The van der Waals surface area contributed by atoms with Gasteiger partial charge in [0.05, 0.1) is 5.57 Å². The number of hydrogen-bond donors (Lipinski definition) is 1. The van der Waals surface area contributed by atoms with Gasteiger partial charge in [0.15, 0.2) is 0 Å². The van der Waals surface area contributed by atoms with E-state index in [2.05, 4.69) is 18.7 Å². The van der Waals surface area contributed by atoms with E-state index < -0.39 is 5.97 Å². The molecule has 18 heavy (non-hydrogen) atoms. The summed E-state index contributed by atoms with van der Waals surface area (Å²) in [5.41, 5.74) is 3.08. The molecule has 0 amide bonds. The van der Waals surface area contributed by atoms with Crippen LogP contribution in [-0.4, -0.2) is 11.1 Å². The molecule has 0 bridgehead atoms. The topological polar surface area (TPSA) is 37.3 Å². The van der Waals surface area contributed by atoms with Gasteiger partial charge in [0.25, 0.3) is 0 Å². The number of carboxylic acid groups (broad SMARTS) is 1.